The van der Waals surface area contributed by atoms with Gasteiger partial charge < -0.3 is 16.4 Å². The van der Waals surface area contributed by atoms with Gasteiger partial charge in [0, 0.05) is 23.6 Å². The summed E-state index contributed by atoms with van der Waals surface area (Å²) in [6.07, 6.45) is 0. The smallest absolute Gasteiger partial charge is 0.242 e. The molecule has 0 fully saturated rings. The highest BCUT2D eigenvalue weighted by Gasteiger charge is 2.16. The Balaban J connectivity index is 3.06. The van der Waals surface area contributed by atoms with Crippen molar-refractivity contribution in [3.8, 4) is 0 Å². The van der Waals surface area contributed by atoms with Crippen LogP contribution in [0.15, 0.2) is 6.07 Å². The Hall–Kier alpha value is -1.69. The number of nitrogens with two attached hydrogens (primary N) is 1. The molecule has 19 heavy (non-hydrogen) atoms. The summed E-state index contributed by atoms with van der Waals surface area (Å²) in [5.41, 5.74) is 8.78. The number of amides is 1. The number of rotatable bonds is 5. The maximum Gasteiger partial charge on any atom is 0.242 e. The minimum absolute atomic E-state index is 0.0662. The highest BCUT2D eigenvalue weighted by Crippen LogP contribution is 2.20. The lowest BCUT2D eigenvalue weighted by atomic mass is 10.1. The number of carbonyl (C=O) groups excluding carboxylic acids is 1. The third kappa shape index (κ3) is 3.89. The van der Waals surface area contributed by atoms with E-state index in [0.29, 0.717) is 12.1 Å². The Morgan fingerprint density at radius 2 is 2.16 bits per heavy atom. The second-order valence-corrected chi connectivity index (χ2v) is 4.84. The van der Waals surface area contributed by atoms with E-state index in [9.17, 15) is 4.79 Å². The topological polar surface area (TPSA) is 80.0 Å². The van der Waals surface area contributed by atoms with Crippen LogP contribution >= 0.6 is 12.2 Å². The first-order valence-corrected chi connectivity index (χ1v) is 6.60. The van der Waals surface area contributed by atoms with E-state index in [4.69, 9.17) is 18.0 Å². The molecule has 1 unspecified atom stereocenters. The summed E-state index contributed by atoms with van der Waals surface area (Å²) in [5, 5.41) is 5.90. The maximum atomic E-state index is 11.7. The Bertz CT molecular complexity index is 502. The second kappa shape index (κ2) is 6.47. The summed E-state index contributed by atoms with van der Waals surface area (Å²) in [6, 6.07) is 1.48. The van der Waals surface area contributed by atoms with Gasteiger partial charge >= 0.3 is 0 Å². The fourth-order valence-electron chi connectivity index (χ4n) is 1.88. The minimum Gasteiger partial charge on any atom is -0.389 e. The van der Waals surface area contributed by atoms with E-state index in [1.54, 1.807) is 6.92 Å². The molecule has 0 saturated carbocycles. The van der Waals surface area contributed by atoms with Gasteiger partial charge in [-0.1, -0.05) is 12.2 Å². The predicted octanol–water partition coefficient (Wildman–Crippen LogP) is 1.27. The summed E-state index contributed by atoms with van der Waals surface area (Å²) < 4.78 is 0. The van der Waals surface area contributed by atoms with Crippen LogP contribution in [0.3, 0.4) is 0 Å². The molecule has 104 valence electrons. The minimum atomic E-state index is -0.366. The first-order valence-electron chi connectivity index (χ1n) is 6.19. The van der Waals surface area contributed by atoms with Crippen LogP contribution in [0.2, 0.25) is 0 Å². The van der Waals surface area contributed by atoms with Crippen LogP contribution in [0.25, 0.3) is 0 Å². The highest BCUT2D eigenvalue weighted by atomic mass is 32.1. The van der Waals surface area contributed by atoms with Crippen LogP contribution < -0.4 is 16.4 Å². The number of nitrogens with zero attached hydrogens (tertiary/aromatic N) is 1. The molecular weight excluding hydrogens is 260 g/mol. The van der Waals surface area contributed by atoms with Gasteiger partial charge in [-0.25, -0.2) is 0 Å². The van der Waals surface area contributed by atoms with Gasteiger partial charge in [-0.2, -0.15) is 0 Å². The van der Waals surface area contributed by atoms with Crippen LogP contribution in [0, 0.1) is 13.8 Å². The van der Waals surface area contributed by atoms with Crippen molar-refractivity contribution in [1.29, 1.82) is 0 Å². The van der Waals surface area contributed by atoms with E-state index in [2.05, 4.69) is 15.6 Å². The van der Waals surface area contributed by atoms with Gasteiger partial charge in [-0.3, -0.25) is 9.78 Å². The van der Waals surface area contributed by atoms with Crippen molar-refractivity contribution in [3.63, 3.8) is 0 Å². The van der Waals surface area contributed by atoms with Crippen molar-refractivity contribution in [2.24, 2.45) is 5.73 Å². The SMILES string of the molecule is CCNC(=O)C(C)Nc1cc(C)nc(C)c1C(N)=S. The summed E-state index contributed by atoms with van der Waals surface area (Å²) in [4.78, 5) is 16.4. The van der Waals surface area contributed by atoms with E-state index in [1.807, 2.05) is 26.8 Å². The van der Waals surface area contributed by atoms with Crippen molar-refractivity contribution >= 4 is 28.8 Å². The molecule has 0 aliphatic heterocycles. The van der Waals surface area contributed by atoms with E-state index in [0.717, 1.165) is 17.1 Å². The lowest BCUT2D eigenvalue weighted by molar-refractivity contribution is -0.121. The molecule has 6 heteroatoms. The van der Waals surface area contributed by atoms with E-state index in [-0.39, 0.29) is 16.9 Å². The molecule has 0 aliphatic carbocycles. The average molecular weight is 280 g/mol. The Morgan fingerprint density at radius 1 is 1.53 bits per heavy atom. The zero-order valence-corrected chi connectivity index (χ0v) is 12.5. The molecule has 1 atom stereocenters. The molecule has 1 rings (SSSR count). The zero-order valence-electron chi connectivity index (χ0n) is 11.7. The molecule has 1 aromatic rings. The monoisotopic (exact) mass is 280 g/mol. The predicted molar refractivity (Wildman–Crippen MR) is 81.4 cm³/mol. The lowest BCUT2D eigenvalue weighted by Gasteiger charge is -2.18. The van der Waals surface area contributed by atoms with Gasteiger partial charge in [-0.15, -0.1) is 0 Å². The fraction of sp³-hybridized carbons (Fsp3) is 0.462. The quantitative estimate of drug-likeness (QED) is 0.708. The Kier molecular flexibility index (Phi) is 5.23. The van der Waals surface area contributed by atoms with Gasteiger partial charge in [0.05, 0.1) is 5.56 Å². The second-order valence-electron chi connectivity index (χ2n) is 4.40. The molecule has 0 saturated heterocycles. The highest BCUT2D eigenvalue weighted by molar-refractivity contribution is 7.80. The summed E-state index contributed by atoms with van der Waals surface area (Å²) in [5.74, 6) is -0.0662. The molecule has 1 heterocycles. The first kappa shape index (κ1) is 15.4. The molecular formula is C13H20N4OS. The maximum absolute atomic E-state index is 11.7. The number of aromatic nitrogens is 1. The molecule has 0 bridgehead atoms. The number of anilines is 1. The van der Waals surface area contributed by atoms with Gasteiger partial charge in [0.1, 0.15) is 11.0 Å². The lowest BCUT2D eigenvalue weighted by Crippen LogP contribution is -2.38. The largest absolute Gasteiger partial charge is 0.389 e. The standard InChI is InChI=1S/C13H20N4OS/c1-5-15-13(18)9(4)17-10-6-7(2)16-8(3)11(10)12(14)19/h6,9H,5H2,1-4H3,(H2,14,19)(H,15,18)(H,16,17). The number of carbonyl (C=O) groups is 1. The van der Waals surface area contributed by atoms with Crippen molar-refractivity contribution < 1.29 is 4.79 Å². The number of aryl methyl sites for hydroxylation is 2. The Labute approximate surface area is 119 Å². The summed E-state index contributed by atoms with van der Waals surface area (Å²) >= 11 is 5.05. The van der Waals surface area contributed by atoms with Crippen molar-refractivity contribution in [2.75, 3.05) is 11.9 Å². The number of hydrogen-bond donors (Lipinski definition) is 3. The van der Waals surface area contributed by atoms with Crippen LogP contribution in [0.5, 0.6) is 0 Å². The number of nitrogens with one attached hydrogen (secondary N) is 2. The van der Waals surface area contributed by atoms with E-state index in [1.165, 1.54) is 0 Å². The average Bonchev–Trinajstić information content (AvgIpc) is 2.27. The van der Waals surface area contributed by atoms with Crippen molar-refractivity contribution in [1.82, 2.24) is 10.3 Å². The molecule has 5 nitrogen and oxygen atoms in total. The first-order chi connectivity index (χ1) is 8.86. The third-order valence-corrected chi connectivity index (χ3v) is 2.90. The third-order valence-electron chi connectivity index (χ3n) is 2.69. The van der Waals surface area contributed by atoms with Gasteiger partial charge in [0.25, 0.3) is 0 Å². The number of thiocarbonyl (C=S) groups is 1. The molecule has 0 spiro atoms. The molecule has 0 aliphatic rings. The normalized spacial score (nSPS) is 11.8. The summed E-state index contributed by atoms with van der Waals surface area (Å²) in [7, 11) is 0. The van der Waals surface area contributed by atoms with Gasteiger partial charge in [0.15, 0.2) is 0 Å². The zero-order chi connectivity index (χ0) is 14.6. The van der Waals surface area contributed by atoms with E-state index < -0.39 is 0 Å². The van der Waals surface area contributed by atoms with Crippen LogP contribution in [0.4, 0.5) is 5.69 Å². The van der Waals surface area contributed by atoms with Crippen molar-refractivity contribution in [2.45, 2.75) is 33.7 Å². The van der Waals surface area contributed by atoms with Gasteiger partial charge in [0.2, 0.25) is 5.91 Å². The number of pyridine rings is 1. The fourth-order valence-corrected chi connectivity index (χ4v) is 2.14. The molecule has 1 aromatic heterocycles. The summed E-state index contributed by atoms with van der Waals surface area (Å²) in [6.45, 7) is 8.01. The van der Waals surface area contributed by atoms with E-state index >= 15 is 0 Å². The number of likely N-dealkylation sites (N-methyl/N-ethyl adjacent to an activating group) is 1. The molecule has 0 aromatic carbocycles. The molecule has 1 amide bonds. The van der Waals surface area contributed by atoms with Crippen LogP contribution in [-0.2, 0) is 4.79 Å². The number of hydrogen-bond acceptors (Lipinski definition) is 4. The van der Waals surface area contributed by atoms with Crippen LogP contribution in [0.1, 0.15) is 30.8 Å². The molecule has 0 radical (unpaired) electrons. The molecule has 4 N–H and O–H groups in total. The van der Waals surface area contributed by atoms with Crippen LogP contribution in [-0.4, -0.2) is 28.5 Å². The Morgan fingerprint density at radius 3 is 2.68 bits per heavy atom. The van der Waals surface area contributed by atoms with Crippen molar-refractivity contribution in [3.05, 3.63) is 23.0 Å². The van der Waals surface area contributed by atoms with Gasteiger partial charge in [-0.05, 0) is 33.8 Å².